The third-order valence-corrected chi connectivity index (χ3v) is 4.09. The van der Waals surface area contributed by atoms with Crippen molar-refractivity contribution >= 4 is 23.4 Å². The Hall–Kier alpha value is -2.39. The number of carbonyl (C=O) groups excluding carboxylic acids is 2. The minimum atomic E-state index is -1.23. The molecular formula is C16H20FN3O5. The quantitative estimate of drug-likeness (QED) is 0.738. The number of amides is 2. The van der Waals surface area contributed by atoms with Gasteiger partial charge in [0.05, 0.1) is 26.3 Å². The van der Waals surface area contributed by atoms with Crippen LogP contribution in [0.3, 0.4) is 0 Å². The van der Waals surface area contributed by atoms with E-state index in [1.165, 1.54) is 4.90 Å². The van der Waals surface area contributed by atoms with E-state index >= 15 is 0 Å². The van der Waals surface area contributed by atoms with Crippen LogP contribution in [0.4, 0.5) is 20.6 Å². The Labute approximate surface area is 144 Å². The maximum absolute atomic E-state index is 14.0. The van der Waals surface area contributed by atoms with Crippen molar-refractivity contribution in [1.82, 2.24) is 5.32 Å². The van der Waals surface area contributed by atoms with Crippen molar-refractivity contribution in [2.45, 2.75) is 12.4 Å². The van der Waals surface area contributed by atoms with Gasteiger partial charge in [0.2, 0.25) is 5.91 Å². The van der Waals surface area contributed by atoms with Crippen LogP contribution in [0.25, 0.3) is 0 Å². The van der Waals surface area contributed by atoms with E-state index < -0.39 is 31.0 Å². The fourth-order valence-electron chi connectivity index (χ4n) is 2.83. The van der Waals surface area contributed by atoms with E-state index in [0.29, 0.717) is 24.5 Å². The number of alkyl halides is 1. The lowest BCUT2D eigenvalue weighted by Crippen LogP contribution is -2.43. The first kappa shape index (κ1) is 17.4. The number of benzene rings is 1. The van der Waals surface area contributed by atoms with E-state index in [-0.39, 0.29) is 19.7 Å². The van der Waals surface area contributed by atoms with Gasteiger partial charge in [-0.1, -0.05) is 6.07 Å². The average molecular weight is 353 g/mol. The fourth-order valence-corrected chi connectivity index (χ4v) is 2.83. The molecule has 0 radical (unpaired) electrons. The highest BCUT2D eigenvalue weighted by atomic mass is 19.1. The summed E-state index contributed by atoms with van der Waals surface area (Å²) in [5.74, 6) is -0.530. The number of aliphatic hydroxyl groups is 1. The van der Waals surface area contributed by atoms with Crippen LogP contribution in [0.1, 0.15) is 0 Å². The van der Waals surface area contributed by atoms with E-state index in [0.717, 1.165) is 0 Å². The number of hydrogen-bond donors (Lipinski definition) is 2. The summed E-state index contributed by atoms with van der Waals surface area (Å²) in [6.07, 6.45) is -2.26. The Morgan fingerprint density at radius 2 is 2.20 bits per heavy atom. The number of halogens is 1. The maximum Gasteiger partial charge on any atom is 0.414 e. The SMILES string of the molecule is O=C(CO)NC[C@H]1CN(c2cccc(N3CCOCC3F)c2)C(=O)O1. The van der Waals surface area contributed by atoms with Gasteiger partial charge >= 0.3 is 6.09 Å². The second kappa shape index (κ2) is 7.66. The van der Waals surface area contributed by atoms with Crippen LogP contribution in [0.5, 0.6) is 0 Å². The zero-order valence-corrected chi connectivity index (χ0v) is 13.6. The van der Waals surface area contributed by atoms with Crippen molar-refractivity contribution < 1.29 is 28.6 Å². The Morgan fingerprint density at radius 1 is 1.40 bits per heavy atom. The first-order valence-electron chi connectivity index (χ1n) is 8.02. The molecule has 2 saturated heterocycles. The third kappa shape index (κ3) is 3.99. The Morgan fingerprint density at radius 3 is 2.96 bits per heavy atom. The van der Waals surface area contributed by atoms with E-state index in [4.69, 9.17) is 14.6 Å². The van der Waals surface area contributed by atoms with Crippen LogP contribution in [0.2, 0.25) is 0 Å². The molecule has 8 nitrogen and oxygen atoms in total. The third-order valence-electron chi connectivity index (χ3n) is 4.09. The summed E-state index contributed by atoms with van der Waals surface area (Å²) in [5, 5.41) is 11.2. The van der Waals surface area contributed by atoms with Gasteiger partial charge in [0.1, 0.15) is 12.7 Å². The molecule has 2 atom stereocenters. The number of aliphatic hydroxyl groups excluding tert-OH is 1. The molecule has 2 heterocycles. The zero-order valence-electron chi connectivity index (χ0n) is 13.6. The predicted octanol–water partition coefficient (Wildman–Crippen LogP) is 0.253. The number of anilines is 2. The van der Waals surface area contributed by atoms with Crippen LogP contribution in [0, 0.1) is 0 Å². The molecule has 2 N–H and O–H groups in total. The summed E-state index contributed by atoms with van der Waals surface area (Å²) in [6, 6.07) is 7.00. The second-order valence-electron chi connectivity index (χ2n) is 5.80. The molecule has 3 rings (SSSR count). The number of cyclic esters (lactones) is 1. The van der Waals surface area contributed by atoms with Gasteiger partial charge in [0.15, 0.2) is 6.30 Å². The van der Waals surface area contributed by atoms with Crippen LogP contribution < -0.4 is 15.1 Å². The molecule has 1 aromatic rings. The highest BCUT2D eigenvalue weighted by molar-refractivity contribution is 5.90. The van der Waals surface area contributed by atoms with Gasteiger partial charge < -0.3 is 24.8 Å². The molecule has 25 heavy (non-hydrogen) atoms. The topological polar surface area (TPSA) is 91.3 Å². The van der Waals surface area contributed by atoms with E-state index in [2.05, 4.69) is 5.32 Å². The molecule has 1 aromatic carbocycles. The van der Waals surface area contributed by atoms with Crippen LogP contribution in [-0.4, -0.2) is 69.0 Å². The summed E-state index contributed by atoms with van der Waals surface area (Å²) >= 11 is 0. The first-order chi connectivity index (χ1) is 12.1. The second-order valence-corrected chi connectivity index (χ2v) is 5.80. The normalized spacial score (nSPS) is 23.5. The average Bonchev–Trinajstić information content (AvgIpc) is 3.01. The molecule has 0 aliphatic carbocycles. The minimum absolute atomic E-state index is 0.0165. The van der Waals surface area contributed by atoms with Crippen molar-refractivity contribution in [3.8, 4) is 0 Å². The summed E-state index contributed by atoms with van der Waals surface area (Å²) in [7, 11) is 0. The molecule has 2 aliphatic heterocycles. The van der Waals surface area contributed by atoms with Crippen LogP contribution >= 0.6 is 0 Å². The Kier molecular flexibility index (Phi) is 5.34. The van der Waals surface area contributed by atoms with Crippen molar-refractivity contribution in [3.05, 3.63) is 24.3 Å². The van der Waals surface area contributed by atoms with Gasteiger partial charge in [-0.2, -0.15) is 0 Å². The minimum Gasteiger partial charge on any atom is -0.442 e. The highest BCUT2D eigenvalue weighted by Crippen LogP contribution is 2.28. The molecule has 0 aromatic heterocycles. The molecule has 0 spiro atoms. The summed E-state index contributed by atoms with van der Waals surface area (Å²) in [5.41, 5.74) is 1.26. The molecule has 9 heteroatoms. The Balaban J connectivity index is 1.68. The largest absolute Gasteiger partial charge is 0.442 e. The van der Waals surface area contributed by atoms with Gasteiger partial charge in [0.25, 0.3) is 0 Å². The lowest BCUT2D eigenvalue weighted by molar-refractivity contribution is -0.124. The van der Waals surface area contributed by atoms with Crippen LogP contribution in [-0.2, 0) is 14.3 Å². The van der Waals surface area contributed by atoms with Crippen LogP contribution in [0.15, 0.2) is 24.3 Å². The zero-order chi connectivity index (χ0) is 17.8. The number of nitrogens with zero attached hydrogens (tertiary/aromatic N) is 2. The monoisotopic (exact) mass is 353 g/mol. The lowest BCUT2D eigenvalue weighted by Gasteiger charge is -2.32. The molecule has 2 aliphatic rings. The molecule has 2 amide bonds. The highest BCUT2D eigenvalue weighted by Gasteiger charge is 2.33. The number of nitrogens with one attached hydrogen (secondary N) is 1. The summed E-state index contributed by atoms with van der Waals surface area (Å²) < 4.78 is 24.3. The van der Waals surface area contributed by atoms with Gasteiger partial charge in [-0.25, -0.2) is 9.18 Å². The van der Waals surface area contributed by atoms with E-state index in [1.54, 1.807) is 29.2 Å². The number of ether oxygens (including phenoxy) is 2. The van der Waals surface area contributed by atoms with Crippen molar-refractivity contribution in [2.75, 3.05) is 49.3 Å². The van der Waals surface area contributed by atoms with Crippen molar-refractivity contribution in [1.29, 1.82) is 0 Å². The van der Waals surface area contributed by atoms with Gasteiger partial charge in [-0.3, -0.25) is 9.69 Å². The molecular weight excluding hydrogens is 333 g/mol. The maximum atomic E-state index is 14.0. The smallest absolute Gasteiger partial charge is 0.414 e. The predicted molar refractivity (Wildman–Crippen MR) is 87.2 cm³/mol. The molecule has 2 fully saturated rings. The number of hydrogen-bond acceptors (Lipinski definition) is 6. The molecule has 1 unspecified atom stereocenters. The number of morpholine rings is 1. The standard InChI is InChI=1S/C16H20FN3O5/c17-14-10-24-5-4-19(14)11-2-1-3-12(6-11)20-8-13(25-16(20)23)7-18-15(22)9-21/h1-3,6,13-14,21H,4-5,7-10H2,(H,18,22)/t13-,14?/m0/s1. The lowest BCUT2D eigenvalue weighted by atomic mass is 10.2. The van der Waals surface area contributed by atoms with Gasteiger partial charge in [0, 0.05) is 17.9 Å². The fraction of sp³-hybridized carbons (Fsp3) is 0.500. The Bertz CT molecular complexity index is 644. The number of rotatable bonds is 5. The molecule has 0 bridgehead atoms. The first-order valence-corrected chi connectivity index (χ1v) is 8.02. The van der Waals surface area contributed by atoms with E-state index in [9.17, 15) is 14.0 Å². The molecule has 0 saturated carbocycles. The van der Waals surface area contributed by atoms with Gasteiger partial charge in [-0.05, 0) is 18.2 Å². The summed E-state index contributed by atoms with van der Waals surface area (Å²) in [4.78, 5) is 26.2. The van der Waals surface area contributed by atoms with E-state index in [1.807, 2.05) is 0 Å². The number of carbonyl (C=O) groups is 2. The summed E-state index contributed by atoms with van der Waals surface area (Å²) in [6.45, 7) is 0.667. The van der Waals surface area contributed by atoms with Gasteiger partial charge in [-0.15, -0.1) is 0 Å². The van der Waals surface area contributed by atoms with Crippen molar-refractivity contribution in [2.24, 2.45) is 0 Å². The van der Waals surface area contributed by atoms with Crippen molar-refractivity contribution in [3.63, 3.8) is 0 Å². The molecule has 136 valence electrons.